The second-order valence-electron chi connectivity index (χ2n) is 5.20. The van der Waals surface area contributed by atoms with Gasteiger partial charge in [-0.05, 0) is 37.1 Å². The minimum Gasteiger partial charge on any atom is -0.399 e. The molecule has 1 aromatic rings. The largest absolute Gasteiger partial charge is 0.399 e. The van der Waals surface area contributed by atoms with Crippen molar-refractivity contribution in [3.05, 3.63) is 24.3 Å². The predicted octanol–water partition coefficient (Wildman–Crippen LogP) is 1.94. The summed E-state index contributed by atoms with van der Waals surface area (Å²) in [6, 6.07) is 9.15. The average Bonchev–Trinajstić information content (AvgIpc) is 2.29. The van der Waals surface area contributed by atoms with E-state index in [4.69, 9.17) is 5.73 Å². The molecule has 2 aliphatic rings. The Balaban J connectivity index is 1.58. The van der Waals surface area contributed by atoms with E-state index in [0.29, 0.717) is 0 Å². The zero-order chi connectivity index (χ0) is 11.7. The number of nitrogens with two attached hydrogens (primary N) is 1. The van der Waals surface area contributed by atoms with Crippen molar-refractivity contribution in [3.8, 4) is 0 Å². The molecule has 0 aromatic heterocycles. The van der Waals surface area contributed by atoms with Crippen molar-refractivity contribution in [2.75, 3.05) is 36.8 Å². The second-order valence-corrected chi connectivity index (χ2v) is 5.20. The molecule has 1 saturated carbocycles. The van der Waals surface area contributed by atoms with Crippen LogP contribution in [0, 0.1) is 0 Å². The zero-order valence-corrected chi connectivity index (χ0v) is 10.3. The molecule has 0 radical (unpaired) electrons. The Morgan fingerprint density at radius 3 is 2.12 bits per heavy atom. The van der Waals surface area contributed by atoms with Crippen molar-refractivity contribution in [3.63, 3.8) is 0 Å². The van der Waals surface area contributed by atoms with Crippen molar-refractivity contribution in [1.29, 1.82) is 0 Å². The maximum atomic E-state index is 5.72. The van der Waals surface area contributed by atoms with Crippen molar-refractivity contribution >= 4 is 11.4 Å². The number of anilines is 2. The van der Waals surface area contributed by atoms with Crippen LogP contribution in [0.5, 0.6) is 0 Å². The molecular weight excluding hydrogens is 210 g/mol. The third kappa shape index (κ3) is 2.25. The molecule has 3 nitrogen and oxygen atoms in total. The van der Waals surface area contributed by atoms with Crippen LogP contribution < -0.4 is 10.6 Å². The number of nitrogen functional groups attached to an aromatic ring is 1. The first-order chi connectivity index (χ1) is 8.33. The molecule has 0 bridgehead atoms. The third-order valence-corrected chi connectivity index (χ3v) is 4.16. The number of rotatable bonds is 2. The lowest BCUT2D eigenvalue weighted by Crippen LogP contribution is -2.52. The van der Waals surface area contributed by atoms with Crippen LogP contribution in [0.25, 0.3) is 0 Å². The van der Waals surface area contributed by atoms with E-state index in [-0.39, 0.29) is 0 Å². The first-order valence-electron chi connectivity index (χ1n) is 6.67. The van der Waals surface area contributed by atoms with Gasteiger partial charge in [-0.3, -0.25) is 4.90 Å². The Hall–Kier alpha value is -1.22. The molecule has 2 N–H and O–H groups in total. The Morgan fingerprint density at radius 1 is 0.941 bits per heavy atom. The van der Waals surface area contributed by atoms with Crippen LogP contribution in [-0.4, -0.2) is 37.1 Å². The van der Waals surface area contributed by atoms with E-state index >= 15 is 0 Å². The lowest BCUT2D eigenvalue weighted by Gasteiger charge is -2.43. The fourth-order valence-corrected chi connectivity index (χ4v) is 2.78. The van der Waals surface area contributed by atoms with Crippen molar-refractivity contribution < 1.29 is 0 Å². The smallest absolute Gasteiger partial charge is 0.0368 e. The minimum absolute atomic E-state index is 0.849. The molecule has 0 spiro atoms. The molecule has 1 heterocycles. The molecule has 3 heteroatoms. The summed E-state index contributed by atoms with van der Waals surface area (Å²) in [6.45, 7) is 4.74. The summed E-state index contributed by atoms with van der Waals surface area (Å²) in [7, 11) is 0. The summed E-state index contributed by atoms with van der Waals surface area (Å²) < 4.78 is 0. The van der Waals surface area contributed by atoms with E-state index in [1.807, 2.05) is 12.1 Å². The Bertz CT molecular complexity index is 362. The first-order valence-corrected chi connectivity index (χ1v) is 6.67. The van der Waals surface area contributed by atoms with Gasteiger partial charge in [-0.2, -0.15) is 0 Å². The molecular formula is C14H21N3. The van der Waals surface area contributed by atoms with Crippen LogP contribution in [0.1, 0.15) is 19.3 Å². The molecule has 17 heavy (non-hydrogen) atoms. The van der Waals surface area contributed by atoms with Gasteiger partial charge in [-0.25, -0.2) is 0 Å². The Morgan fingerprint density at radius 2 is 1.59 bits per heavy atom. The normalized spacial score (nSPS) is 22.5. The van der Waals surface area contributed by atoms with E-state index in [1.54, 1.807) is 0 Å². The number of piperazine rings is 1. The van der Waals surface area contributed by atoms with Gasteiger partial charge in [-0.15, -0.1) is 0 Å². The maximum Gasteiger partial charge on any atom is 0.0368 e. The van der Waals surface area contributed by atoms with Gasteiger partial charge in [0.2, 0.25) is 0 Å². The summed E-state index contributed by atoms with van der Waals surface area (Å²) in [5, 5.41) is 0. The van der Waals surface area contributed by atoms with Gasteiger partial charge in [0.15, 0.2) is 0 Å². The molecule has 0 unspecified atom stereocenters. The van der Waals surface area contributed by atoms with E-state index < -0.39 is 0 Å². The van der Waals surface area contributed by atoms with Crippen molar-refractivity contribution in [1.82, 2.24) is 4.90 Å². The van der Waals surface area contributed by atoms with E-state index in [2.05, 4.69) is 21.9 Å². The average molecular weight is 231 g/mol. The Kier molecular flexibility index (Phi) is 2.93. The molecule has 1 aliphatic heterocycles. The van der Waals surface area contributed by atoms with E-state index in [0.717, 1.165) is 24.8 Å². The molecule has 1 aromatic carbocycles. The Labute approximate surface area is 103 Å². The van der Waals surface area contributed by atoms with Crippen molar-refractivity contribution in [2.24, 2.45) is 0 Å². The SMILES string of the molecule is Nc1ccc(N2CCN(C3CCC3)CC2)cc1. The highest BCUT2D eigenvalue weighted by Crippen LogP contribution is 2.26. The number of nitrogens with zero attached hydrogens (tertiary/aromatic N) is 2. The monoisotopic (exact) mass is 231 g/mol. The molecule has 92 valence electrons. The van der Waals surface area contributed by atoms with Crippen LogP contribution in [-0.2, 0) is 0 Å². The molecule has 2 fully saturated rings. The van der Waals surface area contributed by atoms with Gasteiger partial charge in [-0.1, -0.05) is 6.42 Å². The topological polar surface area (TPSA) is 32.5 Å². The van der Waals surface area contributed by atoms with Gasteiger partial charge in [0, 0.05) is 43.6 Å². The quantitative estimate of drug-likeness (QED) is 0.790. The molecule has 1 aliphatic carbocycles. The highest BCUT2D eigenvalue weighted by Gasteiger charge is 2.27. The van der Waals surface area contributed by atoms with Gasteiger partial charge >= 0.3 is 0 Å². The van der Waals surface area contributed by atoms with Gasteiger partial charge in [0.05, 0.1) is 0 Å². The summed E-state index contributed by atoms with van der Waals surface area (Å²) in [5.74, 6) is 0. The van der Waals surface area contributed by atoms with Crippen LogP contribution in [0.4, 0.5) is 11.4 Å². The summed E-state index contributed by atoms with van der Waals surface area (Å²) in [5.41, 5.74) is 7.88. The summed E-state index contributed by atoms with van der Waals surface area (Å²) >= 11 is 0. The fraction of sp³-hybridized carbons (Fsp3) is 0.571. The van der Waals surface area contributed by atoms with Crippen LogP contribution in [0.15, 0.2) is 24.3 Å². The highest BCUT2D eigenvalue weighted by molar-refractivity contribution is 5.53. The standard InChI is InChI=1S/C14H21N3/c15-12-4-6-14(7-5-12)17-10-8-16(9-11-17)13-2-1-3-13/h4-7,13H,1-3,8-11,15H2. The third-order valence-electron chi connectivity index (χ3n) is 4.16. The fourth-order valence-electron chi connectivity index (χ4n) is 2.78. The van der Waals surface area contributed by atoms with Gasteiger partial charge in [0.1, 0.15) is 0 Å². The maximum absolute atomic E-state index is 5.72. The predicted molar refractivity (Wildman–Crippen MR) is 72.3 cm³/mol. The lowest BCUT2D eigenvalue weighted by molar-refractivity contribution is 0.120. The van der Waals surface area contributed by atoms with E-state index in [1.165, 1.54) is 38.0 Å². The van der Waals surface area contributed by atoms with Gasteiger partial charge < -0.3 is 10.6 Å². The summed E-state index contributed by atoms with van der Waals surface area (Å²) in [4.78, 5) is 5.13. The zero-order valence-electron chi connectivity index (χ0n) is 10.3. The summed E-state index contributed by atoms with van der Waals surface area (Å²) in [6.07, 6.45) is 4.27. The second kappa shape index (κ2) is 4.57. The van der Waals surface area contributed by atoms with Crippen molar-refractivity contribution in [2.45, 2.75) is 25.3 Å². The highest BCUT2D eigenvalue weighted by atomic mass is 15.3. The number of hydrogen-bond acceptors (Lipinski definition) is 3. The number of benzene rings is 1. The van der Waals surface area contributed by atoms with Gasteiger partial charge in [0.25, 0.3) is 0 Å². The molecule has 3 rings (SSSR count). The van der Waals surface area contributed by atoms with Crippen LogP contribution in [0.2, 0.25) is 0 Å². The molecule has 0 atom stereocenters. The first kappa shape index (κ1) is 10.9. The number of hydrogen-bond donors (Lipinski definition) is 1. The molecule has 0 amide bonds. The van der Waals surface area contributed by atoms with Crippen LogP contribution in [0.3, 0.4) is 0 Å². The van der Waals surface area contributed by atoms with Crippen LogP contribution >= 0.6 is 0 Å². The lowest BCUT2D eigenvalue weighted by atomic mass is 9.91. The van der Waals surface area contributed by atoms with E-state index in [9.17, 15) is 0 Å². The minimum atomic E-state index is 0.849. The molecule has 1 saturated heterocycles.